The molecular weight excluding hydrogens is 336 g/mol. The van der Waals surface area contributed by atoms with Crippen LogP contribution in [0.3, 0.4) is 0 Å². The van der Waals surface area contributed by atoms with Gasteiger partial charge in [-0.1, -0.05) is 12.1 Å². The second-order valence-electron chi connectivity index (χ2n) is 5.77. The van der Waals surface area contributed by atoms with Gasteiger partial charge in [0.2, 0.25) is 0 Å². The lowest BCUT2D eigenvalue weighted by Gasteiger charge is -2.15. The summed E-state index contributed by atoms with van der Waals surface area (Å²) >= 11 is 0. The summed E-state index contributed by atoms with van der Waals surface area (Å²) in [6, 6.07) is 14.0. The van der Waals surface area contributed by atoms with Crippen molar-refractivity contribution in [2.24, 2.45) is 0 Å². The van der Waals surface area contributed by atoms with Crippen LogP contribution in [0.25, 0.3) is 11.0 Å². The fourth-order valence-corrected chi connectivity index (χ4v) is 2.71. The molecule has 0 fully saturated rings. The second-order valence-corrected chi connectivity index (χ2v) is 5.77. The summed E-state index contributed by atoms with van der Waals surface area (Å²) in [5.41, 5.74) is 2.04. The van der Waals surface area contributed by atoms with Gasteiger partial charge in [0, 0.05) is 0 Å². The summed E-state index contributed by atoms with van der Waals surface area (Å²) in [7, 11) is 1.32. The third-order valence-corrected chi connectivity index (χ3v) is 3.99. The summed E-state index contributed by atoms with van der Waals surface area (Å²) in [5.74, 6) is 0.613. The molecule has 0 aliphatic carbocycles. The SMILES string of the molecule is COC(=O)c1ccc(OCC(O)Cn2c(CO)nc3ccccc32)cc1. The number of esters is 1. The largest absolute Gasteiger partial charge is 0.491 e. The van der Waals surface area contributed by atoms with Crippen molar-refractivity contribution in [1.82, 2.24) is 9.55 Å². The molecule has 136 valence electrons. The fourth-order valence-electron chi connectivity index (χ4n) is 2.71. The Morgan fingerprint density at radius 1 is 1.19 bits per heavy atom. The Hall–Kier alpha value is -2.90. The number of fused-ring (bicyclic) bond motifs is 1. The first-order valence-corrected chi connectivity index (χ1v) is 8.16. The zero-order valence-electron chi connectivity index (χ0n) is 14.3. The lowest BCUT2D eigenvalue weighted by Crippen LogP contribution is -2.24. The van der Waals surface area contributed by atoms with E-state index in [2.05, 4.69) is 9.72 Å². The van der Waals surface area contributed by atoms with Gasteiger partial charge in [0.05, 0.1) is 30.3 Å². The number of hydrogen-bond acceptors (Lipinski definition) is 6. The Morgan fingerprint density at radius 2 is 1.92 bits per heavy atom. The minimum Gasteiger partial charge on any atom is -0.491 e. The molecule has 0 saturated heterocycles. The normalized spacial score (nSPS) is 12.1. The number of para-hydroxylation sites is 2. The van der Waals surface area contributed by atoms with Crippen LogP contribution in [0.5, 0.6) is 5.75 Å². The van der Waals surface area contributed by atoms with Gasteiger partial charge < -0.3 is 24.3 Å². The number of aliphatic hydroxyl groups is 2. The standard InChI is InChI=1S/C19H20N2O5/c1-25-19(24)13-6-8-15(9-7-13)26-12-14(23)10-21-17-5-3-2-4-16(17)20-18(21)11-22/h2-9,14,22-23H,10-12H2,1H3. The van der Waals surface area contributed by atoms with Gasteiger partial charge >= 0.3 is 5.97 Å². The molecule has 0 saturated carbocycles. The number of hydrogen-bond donors (Lipinski definition) is 2. The maximum atomic E-state index is 11.4. The number of nitrogens with zero attached hydrogens (tertiary/aromatic N) is 2. The van der Waals surface area contributed by atoms with Crippen molar-refractivity contribution < 1.29 is 24.5 Å². The van der Waals surface area contributed by atoms with E-state index in [1.54, 1.807) is 28.8 Å². The predicted octanol–water partition coefficient (Wildman–Crippen LogP) is 1.76. The highest BCUT2D eigenvalue weighted by Crippen LogP contribution is 2.17. The Morgan fingerprint density at radius 3 is 2.62 bits per heavy atom. The number of carbonyl (C=O) groups excluding carboxylic acids is 1. The Kier molecular flexibility index (Phi) is 5.50. The molecule has 3 rings (SSSR count). The highest BCUT2D eigenvalue weighted by molar-refractivity contribution is 5.89. The van der Waals surface area contributed by atoms with E-state index in [9.17, 15) is 15.0 Å². The number of aliphatic hydroxyl groups excluding tert-OH is 2. The molecule has 3 aromatic rings. The smallest absolute Gasteiger partial charge is 0.337 e. The molecule has 1 heterocycles. The lowest BCUT2D eigenvalue weighted by molar-refractivity contribution is 0.0600. The number of carbonyl (C=O) groups is 1. The van der Waals surface area contributed by atoms with Crippen molar-refractivity contribution in [1.29, 1.82) is 0 Å². The first-order valence-electron chi connectivity index (χ1n) is 8.16. The Bertz CT molecular complexity index is 889. The van der Waals surface area contributed by atoms with Crippen molar-refractivity contribution in [3.8, 4) is 5.75 Å². The molecule has 7 heteroatoms. The summed E-state index contributed by atoms with van der Waals surface area (Å²) in [6.07, 6.45) is -0.793. The van der Waals surface area contributed by atoms with Crippen molar-refractivity contribution >= 4 is 17.0 Å². The highest BCUT2D eigenvalue weighted by Gasteiger charge is 2.14. The molecule has 7 nitrogen and oxygen atoms in total. The number of aromatic nitrogens is 2. The van der Waals surface area contributed by atoms with Crippen molar-refractivity contribution in [2.75, 3.05) is 13.7 Å². The summed E-state index contributed by atoms with van der Waals surface area (Å²) < 4.78 is 12.0. The highest BCUT2D eigenvalue weighted by atomic mass is 16.5. The summed E-state index contributed by atoms with van der Waals surface area (Å²) in [4.78, 5) is 15.8. The number of methoxy groups -OCH3 is 1. The third kappa shape index (κ3) is 3.84. The summed E-state index contributed by atoms with van der Waals surface area (Å²) in [5, 5.41) is 19.8. The van der Waals surface area contributed by atoms with E-state index in [-0.39, 0.29) is 19.8 Å². The van der Waals surface area contributed by atoms with Crippen LogP contribution in [-0.2, 0) is 17.9 Å². The van der Waals surface area contributed by atoms with E-state index in [1.807, 2.05) is 24.3 Å². The number of ether oxygens (including phenoxy) is 2. The van der Waals surface area contributed by atoms with Crippen molar-refractivity contribution in [2.45, 2.75) is 19.3 Å². The zero-order valence-corrected chi connectivity index (χ0v) is 14.3. The minimum absolute atomic E-state index is 0.0644. The topological polar surface area (TPSA) is 93.8 Å². The molecule has 0 aliphatic heterocycles. The molecule has 0 amide bonds. The number of rotatable bonds is 7. The van der Waals surface area contributed by atoms with Crippen molar-refractivity contribution in [3.63, 3.8) is 0 Å². The van der Waals surface area contributed by atoms with Crippen LogP contribution >= 0.6 is 0 Å². The van der Waals surface area contributed by atoms with Gasteiger partial charge in [0.15, 0.2) is 0 Å². The van der Waals surface area contributed by atoms with Crippen LogP contribution < -0.4 is 4.74 Å². The molecule has 0 aliphatic rings. The first kappa shape index (κ1) is 17.9. The monoisotopic (exact) mass is 356 g/mol. The number of imidazole rings is 1. The molecule has 0 spiro atoms. The van der Waals surface area contributed by atoms with Crippen LogP contribution in [-0.4, -0.2) is 45.6 Å². The van der Waals surface area contributed by atoms with Gasteiger partial charge in [-0.15, -0.1) is 0 Å². The average Bonchev–Trinajstić information content (AvgIpc) is 3.04. The number of benzene rings is 2. The molecule has 1 unspecified atom stereocenters. The molecular formula is C19H20N2O5. The minimum atomic E-state index is -0.793. The van der Waals surface area contributed by atoms with Gasteiger partial charge in [0.25, 0.3) is 0 Å². The molecule has 2 aromatic carbocycles. The Labute approximate surface area is 150 Å². The van der Waals surface area contributed by atoms with Gasteiger partial charge in [0.1, 0.15) is 30.9 Å². The third-order valence-electron chi connectivity index (χ3n) is 3.99. The predicted molar refractivity (Wildman–Crippen MR) is 94.9 cm³/mol. The van der Waals surface area contributed by atoms with Crippen LogP contribution in [0.15, 0.2) is 48.5 Å². The quantitative estimate of drug-likeness (QED) is 0.627. The molecule has 0 radical (unpaired) electrons. The van der Waals surface area contributed by atoms with Gasteiger partial charge in [-0.25, -0.2) is 9.78 Å². The summed E-state index contributed by atoms with van der Waals surface area (Å²) in [6.45, 7) is 0.100. The van der Waals surface area contributed by atoms with E-state index in [0.29, 0.717) is 17.1 Å². The first-order chi connectivity index (χ1) is 12.6. The van der Waals surface area contributed by atoms with Gasteiger partial charge in [-0.2, -0.15) is 0 Å². The van der Waals surface area contributed by atoms with Crippen LogP contribution in [0.2, 0.25) is 0 Å². The fraction of sp³-hybridized carbons (Fsp3) is 0.263. The van der Waals surface area contributed by atoms with Gasteiger partial charge in [-0.05, 0) is 36.4 Å². The van der Waals surface area contributed by atoms with E-state index in [0.717, 1.165) is 11.0 Å². The van der Waals surface area contributed by atoms with Crippen LogP contribution in [0.1, 0.15) is 16.2 Å². The van der Waals surface area contributed by atoms with E-state index in [4.69, 9.17) is 4.74 Å². The second kappa shape index (κ2) is 7.99. The van der Waals surface area contributed by atoms with Crippen molar-refractivity contribution in [3.05, 3.63) is 59.9 Å². The lowest BCUT2D eigenvalue weighted by atomic mass is 10.2. The Balaban J connectivity index is 1.64. The van der Waals surface area contributed by atoms with Crippen LogP contribution in [0, 0.1) is 0 Å². The molecule has 1 aromatic heterocycles. The molecule has 0 bridgehead atoms. The zero-order chi connectivity index (χ0) is 18.5. The van der Waals surface area contributed by atoms with Gasteiger partial charge in [-0.3, -0.25) is 0 Å². The van der Waals surface area contributed by atoms with Crippen LogP contribution in [0.4, 0.5) is 0 Å². The maximum Gasteiger partial charge on any atom is 0.337 e. The molecule has 2 N–H and O–H groups in total. The molecule has 1 atom stereocenters. The van der Waals surface area contributed by atoms with E-state index < -0.39 is 12.1 Å². The average molecular weight is 356 g/mol. The van der Waals surface area contributed by atoms with E-state index in [1.165, 1.54) is 7.11 Å². The van der Waals surface area contributed by atoms with E-state index >= 15 is 0 Å². The maximum absolute atomic E-state index is 11.4. The molecule has 26 heavy (non-hydrogen) atoms.